The first-order valence-corrected chi connectivity index (χ1v) is 7.97. The highest BCUT2D eigenvalue weighted by Gasteiger charge is 2.38. The molecular weight excluding hydrogens is 308 g/mol. The molecule has 0 aromatic carbocycles. The van der Waals surface area contributed by atoms with E-state index in [1.54, 1.807) is 30.6 Å². The molecule has 6 nitrogen and oxygen atoms in total. The first kappa shape index (κ1) is 16.2. The minimum Gasteiger partial charge on any atom is -0.465 e. The van der Waals surface area contributed by atoms with E-state index in [1.807, 2.05) is 13.0 Å². The highest BCUT2D eigenvalue weighted by molar-refractivity contribution is 5.80. The second kappa shape index (κ2) is 6.47. The van der Waals surface area contributed by atoms with Crippen LogP contribution in [-0.4, -0.2) is 33.6 Å². The summed E-state index contributed by atoms with van der Waals surface area (Å²) in [5.74, 6) is -0.304. The Morgan fingerprint density at radius 3 is 3.00 bits per heavy atom. The average molecular weight is 328 g/mol. The average Bonchev–Trinajstić information content (AvgIpc) is 2.59. The number of rotatable bonds is 3. The maximum Gasteiger partial charge on any atom is 0.411 e. The second-order valence-electron chi connectivity index (χ2n) is 6.39. The van der Waals surface area contributed by atoms with Crippen LogP contribution >= 0.6 is 0 Å². The Labute approximate surface area is 140 Å². The summed E-state index contributed by atoms with van der Waals surface area (Å²) in [4.78, 5) is 29.2. The number of aromatic nitrogens is 1. The van der Waals surface area contributed by atoms with Gasteiger partial charge in [0.25, 0.3) is 0 Å². The number of ether oxygens (including phenoxy) is 1. The van der Waals surface area contributed by atoms with Crippen LogP contribution < -0.4 is 0 Å². The molecule has 0 saturated carbocycles. The summed E-state index contributed by atoms with van der Waals surface area (Å²) in [7, 11) is 0. The number of hydrogen-bond donors (Lipinski definition) is 1. The van der Waals surface area contributed by atoms with Crippen molar-refractivity contribution in [1.29, 1.82) is 0 Å². The summed E-state index contributed by atoms with van der Waals surface area (Å²) in [6, 6.07) is 3.65. The van der Waals surface area contributed by atoms with E-state index in [1.165, 1.54) is 4.90 Å². The van der Waals surface area contributed by atoms with Crippen LogP contribution in [0.2, 0.25) is 0 Å². The van der Waals surface area contributed by atoms with Gasteiger partial charge in [0, 0.05) is 30.2 Å². The van der Waals surface area contributed by atoms with E-state index in [9.17, 15) is 14.7 Å². The van der Waals surface area contributed by atoms with Crippen molar-refractivity contribution >= 4 is 12.1 Å². The number of carboxylic acid groups (broad SMARTS) is 1. The van der Waals surface area contributed by atoms with Gasteiger partial charge >= 0.3 is 12.1 Å². The molecule has 0 bridgehead atoms. The first-order valence-electron chi connectivity index (χ1n) is 7.97. The summed E-state index contributed by atoms with van der Waals surface area (Å²) in [5, 5.41) is 9.29. The van der Waals surface area contributed by atoms with Crippen molar-refractivity contribution in [3.05, 3.63) is 53.5 Å². The predicted molar refractivity (Wildman–Crippen MR) is 86.9 cm³/mol. The summed E-state index contributed by atoms with van der Waals surface area (Å²) >= 11 is 0. The number of hydrogen-bond acceptors (Lipinski definition) is 4. The molecule has 1 aromatic heterocycles. The van der Waals surface area contributed by atoms with Gasteiger partial charge in [-0.2, -0.15) is 0 Å². The highest BCUT2D eigenvalue weighted by atomic mass is 16.5. The van der Waals surface area contributed by atoms with E-state index in [-0.39, 0.29) is 12.6 Å². The van der Waals surface area contributed by atoms with Gasteiger partial charge in [0.15, 0.2) is 0 Å². The van der Waals surface area contributed by atoms with Gasteiger partial charge < -0.3 is 9.84 Å². The van der Waals surface area contributed by atoms with Crippen molar-refractivity contribution in [2.75, 3.05) is 6.54 Å². The molecule has 3 rings (SSSR count). The van der Waals surface area contributed by atoms with Crippen LogP contribution in [-0.2, 0) is 16.1 Å². The summed E-state index contributed by atoms with van der Waals surface area (Å²) in [6.07, 6.45) is 7.98. The van der Waals surface area contributed by atoms with Gasteiger partial charge in [-0.25, -0.2) is 4.79 Å². The van der Waals surface area contributed by atoms with E-state index in [0.29, 0.717) is 18.7 Å². The van der Waals surface area contributed by atoms with Crippen LogP contribution in [0.3, 0.4) is 0 Å². The molecule has 1 N–H and O–H groups in total. The lowest BCUT2D eigenvalue weighted by Crippen LogP contribution is -2.37. The zero-order chi connectivity index (χ0) is 17.2. The van der Waals surface area contributed by atoms with E-state index < -0.39 is 11.5 Å². The fraction of sp³-hybridized carbons (Fsp3) is 0.389. The maximum absolute atomic E-state index is 12.5. The molecule has 1 aliphatic heterocycles. The molecule has 126 valence electrons. The minimum absolute atomic E-state index is 0.184. The number of carbonyl (C=O) groups is 2. The Bertz CT molecular complexity index is 711. The van der Waals surface area contributed by atoms with Gasteiger partial charge in [-0.05, 0) is 43.9 Å². The maximum atomic E-state index is 12.5. The molecule has 0 fully saturated rings. The first-order chi connectivity index (χ1) is 11.5. The monoisotopic (exact) mass is 328 g/mol. The van der Waals surface area contributed by atoms with Gasteiger partial charge in [0.05, 0.1) is 5.41 Å². The summed E-state index contributed by atoms with van der Waals surface area (Å²) in [5.41, 5.74) is 1.80. The molecule has 0 radical (unpaired) electrons. The third-order valence-corrected chi connectivity index (χ3v) is 4.49. The Hall–Kier alpha value is -2.63. The second-order valence-corrected chi connectivity index (χ2v) is 6.39. The van der Waals surface area contributed by atoms with Crippen molar-refractivity contribution in [2.45, 2.75) is 32.8 Å². The number of nitrogens with zero attached hydrogens (tertiary/aromatic N) is 2. The third kappa shape index (κ3) is 3.18. The highest BCUT2D eigenvalue weighted by Crippen LogP contribution is 2.40. The number of amides is 1. The largest absolute Gasteiger partial charge is 0.465 e. The molecule has 1 aromatic rings. The van der Waals surface area contributed by atoms with Gasteiger partial charge in [-0.3, -0.25) is 14.7 Å². The van der Waals surface area contributed by atoms with Crippen LogP contribution in [0.15, 0.2) is 47.9 Å². The van der Waals surface area contributed by atoms with Crippen molar-refractivity contribution in [2.24, 2.45) is 5.41 Å². The Kier molecular flexibility index (Phi) is 4.38. The Morgan fingerprint density at radius 1 is 1.46 bits per heavy atom. The van der Waals surface area contributed by atoms with Crippen molar-refractivity contribution in [3.8, 4) is 0 Å². The fourth-order valence-corrected chi connectivity index (χ4v) is 3.18. The lowest BCUT2D eigenvalue weighted by Gasteiger charge is -2.36. The van der Waals surface area contributed by atoms with Crippen LogP contribution in [0, 0.1) is 5.41 Å². The summed E-state index contributed by atoms with van der Waals surface area (Å²) in [6.45, 7) is 2.52. The van der Waals surface area contributed by atoms with Crippen LogP contribution in [0.1, 0.15) is 31.7 Å². The van der Waals surface area contributed by atoms with Crippen LogP contribution in [0.4, 0.5) is 4.79 Å². The molecule has 6 heteroatoms. The molecule has 24 heavy (non-hydrogen) atoms. The van der Waals surface area contributed by atoms with E-state index >= 15 is 0 Å². The Morgan fingerprint density at radius 2 is 2.29 bits per heavy atom. The lowest BCUT2D eigenvalue weighted by atomic mass is 9.77. The molecule has 0 saturated heterocycles. The smallest absolute Gasteiger partial charge is 0.411 e. The molecule has 2 aliphatic rings. The van der Waals surface area contributed by atoms with Crippen LogP contribution in [0.25, 0.3) is 0 Å². The molecule has 1 aliphatic carbocycles. The Balaban J connectivity index is 1.70. The van der Waals surface area contributed by atoms with Crippen LogP contribution in [0.5, 0.6) is 0 Å². The SMILES string of the molecule is CC1(C(=O)OCc2cccnc2)C=CC2=C(CCCN2C(=O)O)C1. The molecule has 0 spiro atoms. The van der Waals surface area contributed by atoms with Gasteiger partial charge in [0.1, 0.15) is 6.61 Å². The molecule has 2 heterocycles. The molecular formula is C18H20N2O4. The van der Waals surface area contributed by atoms with Gasteiger partial charge in [0.2, 0.25) is 0 Å². The summed E-state index contributed by atoms with van der Waals surface area (Å²) < 4.78 is 5.44. The zero-order valence-electron chi connectivity index (χ0n) is 13.6. The van der Waals surface area contributed by atoms with E-state index in [2.05, 4.69) is 4.98 Å². The lowest BCUT2D eigenvalue weighted by molar-refractivity contribution is -0.153. The number of allylic oxidation sites excluding steroid dienone is 2. The molecule has 1 unspecified atom stereocenters. The number of carbonyl (C=O) groups excluding carboxylic acids is 1. The standard InChI is InChI=1S/C18H20N2O4/c1-18(16(21)24-12-13-4-2-8-19-11-13)7-6-15-14(10-18)5-3-9-20(15)17(22)23/h2,4,6-8,11H,3,5,9-10,12H2,1H3,(H,22,23). The third-order valence-electron chi connectivity index (χ3n) is 4.49. The normalized spacial score (nSPS) is 23.0. The topological polar surface area (TPSA) is 79.7 Å². The van der Waals surface area contributed by atoms with Crippen molar-refractivity contribution in [3.63, 3.8) is 0 Å². The predicted octanol–water partition coefficient (Wildman–Crippen LogP) is 3.12. The van der Waals surface area contributed by atoms with Gasteiger partial charge in [-0.15, -0.1) is 0 Å². The van der Waals surface area contributed by atoms with Crippen molar-refractivity contribution in [1.82, 2.24) is 9.88 Å². The quantitative estimate of drug-likeness (QED) is 0.862. The van der Waals surface area contributed by atoms with E-state index in [4.69, 9.17) is 4.74 Å². The molecule has 1 amide bonds. The number of esters is 1. The minimum atomic E-state index is -0.949. The fourth-order valence-electron chi connectivity index (χ4n) is 3.18. The number of pyridine rings is 1. The van der Waals surface area contributed by atoms with E-state index in [0.717, 1.165) is 24.0 Å². The zero-order valence-corrected chi connectivity index (χ0v) is 13.6. The van der Waals surface area contributed by atoms with Gasteiger partial charge in [-0.1, -0.05) is 12.1 Å². The van der Waals surface area contributed by atoms with Crippen molar-refractivity contribution < 1.29 is 19.4 Å². The molecule has 1 atom stereocenters.